The molecule has 0 radical (unpaired) electrons. The van der Waals surface area contributed by atoms with Gasteiger partial charge in [0, 0.05) is 15.6 Å². The Labute approximate surface area is 183 Å². The summed E-state index contributed by atoms with van der Waals surface area (Å²) in [5.41, 5.74) is 1.57. The molecule has 0 aliphatic carbocycles. The number of benzene rings is 3. The van der Waals surface area contributed by atoms with Gasteiger partial charge >= 0.3 is 0 Å². The van der Waals surface area contributed by atoms with Gasteiger partial charge in [0.1, 0.15) is 17.7 Å². The van der Waals surface area contributed by atoms with Gasteiger partial charge in [-0.25, -0.2) is 0 Å². The minimum absolute atomic E-state index is 0.340. The van der Waals surface area contributed by atoms with E-state index in [1.807, 2.05) is 24.3 Å². The third kappa shape index (κ3) is 5.39. The van der Waals surface area contributed by atoms with Crippen molar-refractivity contribution < 1.29 is 19.1 Å². The number of hydrogen-bond acceptors (Lipinski definition) is 4. The number of ether oxygens (including phenoxy) is 2. The third-order valence-corrected chi connectivity index (χ3v) is 4.95. The average molecular weight is 469 g/mol. The second-order valence-electron chi connectivity index (χ2n) is 6.40. The molecule has 0 fully saturated rings. The first-order valence-corrected chi connectivity index (χ1v) is 9.95. The van der Waals surface area contributed by atoms with Gasteiger partial charge < -0.3 is 20.1 Å². The fraction of sp³-hybridized carbons (Fsp3) is 0.130. The first-order chi connectivity index (χ1) is 14.5. The van der Waals surface area contributed by atoms with Crippen LogP contribution in [-0.4, -0.2) is 26.0 Å². The van der Waals surface area contributed by atoms with Crippen molar-refractivity contribution in [3.8, 4) is 11.5 Å². The van der Waals surface area contributed by atoms with Crippen LogP contribution in [0.15, 0.2) is 77.3 Å². The Hall–Kier alpha value is -3.32. The van der Waals surface area contributed by atoms with Crippen molar-refractivity contribution in [2.75, 3.05) is 14.2 Å². The summed E-state index contributed by atoms with van der Waals surface area (Å²) in [4.78, 5) is 25.7. The van der Waals surface area contributed by atoms with E-state index < -0.39 is 6.17 Å². The summed E-state index contributed by atoms with van der Waals surface area (Å²) in [5, 5.41) is 5.75. The van der Waals surface area contributed by atoms with Crippen LogP contribution in [0.2, 0.25) is 0 Å². The molecule has 0 unspecified atom stereocenters. The molecule has 154 valence electrons. The summed E-state index contributed by atoms with van der Waals surface area (Å²) in [6, 6.07) is 21.0. The molecule has 0 aliphatic heterocycles. The second kappa shape index (κ2) is 9.93. The monoisotopic (exact) mass is 468 g/mol. The highest BCUT2D eigenvalue weighted by atomic mass is 79.9. The lowest BCUT2D eigenvalue weighted by atomic mass is 10.1. The van der Waals surface area contributed by atoms with Gasteiger partial charge in [0.25, 0.3) is 11.8 Å². The van der Waals surface area contributed by atoms with Gasteiger partial charge in [-0.3, -0.25) is 9.59 Å². The van der Waals surface area contributed by atoms with Crippen LogP contribution in [-0.2, 0) is 0 Å². The standard InChI is InChI=1S/C23H21BrN2O4/c1-29-19-7-3-5-16(13-19)22(27)25-21(15-9-11-18(24)12-10-15)26-23(28)17-6-4-8-20(14-17)30-2/h3-14,21H,1-2H3,(H,25,27)(H,26,28). The van der Waals surface area contributed by atoms with Crippen molar-refractivity contribution in [2.45, 2.75) is 6.17 Å². The zero-order valence-corrected chi connectivity index (χ0v) is 18.1. The topological polar surface area (TPSA) is 76.7 Å². The normalized spacial score (nSPS) is 10.4. The van der Waals surface area contributed by atoms with E-state index in [0.717, 1.165) is 10.0 Å². The lowest BCUT2D eigenvalue weighted by molar-refractivity contribution is 0.0883. The van der Waals surface area contributed by atoms with E-state index >= 15 is 0 Å². The number of nitrogens with one attached hydrogen (secondary N) is 2. The number of amides is 2. The van der Waals surface area contributed by atoms with Gasteiger partial charge in [0.2, 0.25) is 0 Å². The summed E-state index contributed by atoms with van der Waals surface area (Å²) in [5.74, 6) is 0.465. The van der Waals surface area contributed by atoms with Crippen LogP contribution < -0.4 is 20.1 Å². The molecule has 0 heterocycles. The van der Waals surface area contributed by atoms with Crippen LogP contribution in [0, 0.1) is 0 Å². The van der Waals surface area contributed by atoms with Crippen molar-refractivity contribution in [3.63, 3.8) is 0 Å². The number of rotatable bonds is 7. The quantitative estimate of drug-likeness (QED) is 0.506. The molecule has 3 aromatic rings. The Balaban J connectivity index is 1.85. The van der Waals surface area contributed by atoms with Crippen LogP contribution in [0.5, 0.6) is 11.5 Å². The van der Waals surface area contributed by atoms with Crippen molar-refractivity contribution in [2.24, 2.45) is 0 Å². The lowest BCUT2D eigenvalue weighted by Gasteiger charge is -2.21. The fourth-order valence-corrected chi connectivity index (χ4v) is 3.08. The number of carbonyl (C=O) groups excluding carboxylic acids is 2. The van der Waals surface area contributed by atoms with Crippen molar-refractivity contribution in [3.05, 3.63) is 94.0 Å². The minimum Gasteiger partial charge on any atom is -0.497 e. The molecule has 0 atom stereocenters. The second-order valence-corrected chi connectivity index (χ2v) is 7.31. The SMILES string of the molecule is COc1cccc(C(=O)NC(NC(=O)c2cccc(OC)c2)c2ccc(Br)cc2)c1. The fourth-order valence-electron chi connectivity index (χ4n) is 2.82. The van der Waals surface area contributed by atoms with Gasteiger partial charge in [-0.05, 0) is 54.1 Å². The first kappa shape index (κ1) is 21.4. The molecular formula is C23H21BrN2O4. The Morgan fingerprint density at radius 2 is 1.23 bits per heavy atom. The summed E-state index contributed by atoms with van der Waals surface area (Å²) in [6.45, 7) is 0. The average Bonchev–Trinajstić information content (AvgIpc) is 2.79. The molecule has 2 N–H and O–H groups in total. The maximum absolute atomic E-state index is 12.8. The molecular weight excluding hydrogens is 448 g/mol. The Morgan fingerprint density at radius 3 is 1.67 bits per heavy atom. The van der Waals surface area contributed by atoms with E-state index in [1.165, 1.54) is 14.2 Å². The zero-order valence-electron chi connectivity index (χ0n) is 16.5. The Bertz CT molecular complexity index is 976. The van der Waals surface area contributed by atoms with Gasteiger partial charge in [-0.15, -0.1) is 0 Å². The molecule has 0 aromatic heterocycles. The van der Waals surface area contributed by atoms with E-state index in [1.54, 1.807) is 48.5 Å². The molecule has 6 nitrogen and oxygen atoms in total. The molecule has 2 amide bonds. The van der Waals surface area contributed by atoms with Crippen LogP contribution >= 0.6 is 15.9 Å². The van der Waals surface area contributed by atoms with Gasteiger partial charge in [-0.1, -0.05) is 40.2 Å². The minimum atomic E-state index is -0.740. The van der Waals surface area contributed by atoms with Crippen LogP contribution in [0.1, 0.15) is 32.4 Å². The van der Waals surface area contributed by atoms with Crippen LogP contribution in [0.25, 0.3) is 0 Å². The molecule has 0 saturated heterocycles. The number of carbonyl (C=O) groups is 2. The van der Waals surface area contributed by atoms with E-state index in [2.05, 4.69) is 26.6 Å². The molecule has 3 aromatic carbocycles. The smallest absolute Gasteiger partial charge is 0.253 e. The molecule has 3 rings (SSSR count). The number of methoxy groups -OCH3 is 2. The molecule has 30 heavy (non-hydrogen) atoms. The molecule has 7 heteroatoms. The van der Waals surface area contributed by atoms with Gasteiger partial charge in [0.15, 0.2) is 0 Å². The molecule has 0 bridgehead atoms. The first-order valence-electron chi connectivity index (χ1n) is 9.15. The maximum atomic E-state index is 12.8. The summed E-state index contributed by atoms with van der Waals surface area (Å²) >= 11 is 3.40. The molecule has 0 spiro atoms. The number of halogens is 1. The Kier molecular flexibility index (Phi) is 7.08. The lowest BCUT2D eigenvalue weighted by Crippen LogP contribution is -2.41. The van der Waals surface area contributed by atoms with E-state index in [-0.39, 0.29) is 11.8 Å². The maximum Gasteiger partial charge on any atom is 0.253 e. The highest BCUT2D eigenvalue weighted by molar-refractivity contribution is 9.10. The van der Waals surface area contributed by atoms with Gasteiger partial charge in [-0.2, -0.15) is 0 Å². The highest BCUT2D eigenvalue weighted by Crippen LogP contribution is 2.19. The van der Waals surface area contributed by atoms with Crippen LogP contribution in [0.4, 0.5) is 0 Å². The van der Waals surface area contributed by atoms with Gasteiger partial charge in [0.05, 0.1) is 14.2 Å². The Morgan fingerprint density at radius 1 is 0.767 bits per heavy atom. The zero-order chi connectivity index (χ0) is 21.5. The molecule has 0 saturated carbocycles. The van der Waals surface area contributed by atoms with Crippen molar-refractivity contribution >= 4 is 27.7 Å². The van der Waals surface area contributed by atoms with Crippen molar-refractivity contribution in [1.29, 1.82) is 0 Å². The van der Waals surface area contributed by atoms with Crippen molar-refractivity contribution in [1.82, 2.24) is 10.6 Å². The van der Waals surface area contributed by atoms with E-state index in [4.69, 9.17) is 9.47 Å². The number of hydrogen-bond donors (Lipinski definition) is 2. The van der Waals surface area contributed by atoms with E-state index in [9.17, 15) is 9.59 Å². The summed E-state index contributed by atoms with van der Waals surface area (Å²) in [7, 11) is 3.08. The summed E-state index contributed by atoms with van der Waals surface area (Å²) in [6.07, 6.45) is -0.740. The predicted molar refractivity (Wildman–Crippen MR) is 118 cm³/mol. The predicted octanol–water partition coefficient (Wildman–Crippen LogP) is 4.32. The summed E-state index contributed by atoms with van der Waals surface area (Å²) < 4.78 is 11.3. The van der Waals surface area contributed by atoms with E-state index in [0.29, 0.717) is 22.6 Å². The highest BCUT2D eigenvalue weighted by Gasteiger charge is 2.19. The largest absolute Gasteiger partial charge is 0.497 e. The van der Waals surface area contributed by atoms with Crippen LogP contribution in [0.3, 0.4) is 0 Å². The molecule has 0 aliphatic rings. The third-order valence-electron chi connectivity index (χ3n) is 4.42.